The van der Waals surface area contributed by atoms with Crippen LogP contribution in [0.4, 0.5) is 0 Å². The van der Waals surface area contributed by atoms with Gasteiger partial charge in [-0.05, 0) is 30.5 Å². The van der Waals surface area contributed by atoms with Crippen LogP contribution in [0.1, 0.15) is 22.3 Å². The van der Waals surface area contributed by atoms with Crippen LogP contribution in [-0.2, 0) is 10.3 Å². The van der Waals surface area contributed by atoms with E-state index < -0.39 is 5.54 Å². The van der Waals surface area contributed by atoms with Crippen LogP contribution >= 0.6 is 0 Å². The second-order valence-electron chi connectivity index (χ2n) is 5.28. The van der Waals surface area contributed by atoms with Gasteiger partial charge in [0.05, 0.1) is 0 Å². The molecule has 1 unspecified atom stereocenters. The minimum atomic E-state index is -0.525. The first-order valence-corrected chi connectivity index (χ1v) is 6.73. The van der Waals surface area contributed by atoms with Crippen molar-refractivity contribution in [3.05, 3.63) is 70.8 Å². The quantitative estimate of drug-likeness (QED) is 0.908. The maximum absolute atomic E-state index is 5.79. The first-order valence-electron chi connectivity index (χ1n) is 6.73. The lowest BCUT2D eigenvalue weighted by Crippen LogP contribution is -2.28. The molecule has 2 N–H and O–H groups in total. The number of aryl methyl sites for hydroxylation is 2. The minimum absolute atomic E-state index is 0.258. The van der Waals surface area contributed by atoms with Gasteiger partial charge in [0.25, 0.3) is 6.02 Å². The summed E-state index contributed by atoms with van der Waals surface area (Å²) in [5, 5.41) is 0. The summed E-state index contributed by atoms with van der Waals surface area (Å²) in [5.74, 6) is 0. The Morgan fingerprint density at radius 2 is 1.85 bits per heavy atom. The molecule has 0 saturated heterocycles. The number of benzene rings is 2. The average molecular weight is 266 g/mol. The van der Waals surface area contributed by atoms with Gasteiger partial charge >= 0.3 is 0 Å². The number of nitrogens with two attached hydrogens (primary N) is 1. The molecule has 20 heavy (non-hydrogen) atoms. The number of ether oxygens (including phenoxy) is 1. The van der Waals surface area contributed by atoms with Crippen LogP contribution in [0.25, 0.3) is 0 Å². The zero-order valence-electron chi connectivity index (χ0n) is 11.8. The normalized spacial score (nSPS) is 21.4. The summed E-state index contributed by atoms with van der Waals surface area (Å²) in [6, 6.07) is 16.9. The Morgan fingerprint density at radius 3 is 2.45 bits per heavy atom. The summed E-state index contributed by atoms with van der Waals surface area (Å²) in [6.07, 6.45) is 0. The van der Waals surface area contributed by atoms with Crippen LogP contribution in [0, 0.1) is 13.8 Å². The second-order valence-corrected chi connectivity index (χ2v) is 5.28. The molecule has 2 aromatic rings. The Bertz CT molecular complexity index is 664. The van der Waals surface area contributed by atoms with Crippen LogP contribution in [0.5, 0.6) is 0 Å². The highest BCUT2D eigenvalue weighted by atomic mass is 16.5. The molecular formula is C17H18N2O. The summed E-state index contributed by atoms with van der Waals surface area (Å²) in [5.41, 5.74) is 9.97. The molecule has 1 heterocycles. The molecule has 3 nitrogen and oxygen atoms in total. The van der Waals surface area contributed by atoms with Crippen LogP contribution in [-0.4, -0.2) is 12.6 Å². The first kappa shape index (κ1) is 12.7. The number of nitrogens with zero attached hydrogens (tertiary/aromatic N) is 1. The molecule has 0 bridgehead atoms. The van der Waals surface area contributed by atoms with Gasteiger partial charge in [-0.3, -0.25) is 0 Å². The molecule has 0 amide bonds. The highest BCUT2D eigenvalue weighted by Crippen LogP contribution is 2.39. The van der Waals surface area contributed by atoms with E-state index in [9.17, 15) is 0 Å². The maximum Gasteiger partial charge on any atom is 0.283 e. The minimum Gasteiger partial charge on any atom is -0.462 e. The van der Waals surface area contributed by atoms with Gasteiger partial charge in [-0.15, -0.1) is 0 Å². The zero-order chi connectivity index (χ0) is 14.2. The van der Waals surface area contributed by atoms with Gasteiger partial charge in [-0.2, -0.15) is 0 Å². The zero-order valence-corrected chi connectivity index (χ0v) is 11.8. The molecule has 0 saturated carbocycles. The van der Waals surface area contributed by atoms with E-state index >= 15 is 0 Å². The molecule has 1 atom stereocenters. The highest BCUT2D eigenvalue weighted by Gasteiger charge is 2.40. The molecule has 102 valence electrons. The van der Waals surface area contributed by atoms with Crippen molar-refractivity contribution in [2.75, 3.05) is 6.61 Å². The van der Waals surface area contributed by atoms with Crippen molar-refractivity contribution in [2.24, 2.45) is 10.7 Å². The molecule has 1 aliphatic rings. The molecule has 3 heteroatoms. The Kier molecular flexibility index (Phi) is 2.97. The lowest BCUT2D eigenvalue weighted by Gasteiger charge is -2.27. The largest absolute Gasteiger partial charge is 0.462 e. The SMILES string of the molecule is Cc1ccc(C2(c3ccccc3)COC(N)=N2)c(C)c1. The predicted molar refractivity (Wildman–Crippen MR) is 80.7 cm³/mol. The summed E-state index contributed by atoms with van der Waals surface area (Å²) >= 11 is 0. The van der Waals surface area contributed by atoms with E-state index in [0.29, 0.717) is 6.61 Å². The van der Waals surface area contributed by atoms with Crippen molar-refractivity contribution in [2.45, 2.75) is 19.4 Å². The highest BCUT2D eigenvalue weighted by molar-refractivity contribution is 5.75. The van der Waals surface area contributed by atoms with Gasteiger partial charge < -0.3 is 10.5 Å². The lowest BCUT2D eigenvalue weighted by atomic mass is 9.81. The predicted octanol–water partition coefficient (Wildman–Crippen LogP) is 2.89. The fourth-order valence-electron chi connectivity index (χ4n) is 2.86. The Hall–Kier alpha value is -2.29. The van der Waals surface area contributed by atoms with Crippen LogP contribution in [0.2, 0.25) is 0 Å². The molecule has 0 radical (unpaired) electrons. The second kappa shape index (κ2) is 4.67. The Morgan fingerprint density at radius 1 is 1.10 bits per heavy atom. The third kappa shape index (κ3) is 1.95. The van der Waals surface area contributed by atoms with E-state index in [1.54, 1.807) is 0 Å². The number of hydrogen-bond acceptors (Lipinski definition) is 3. The summed E-state index contributed by atoms with van der Waals surface area (Å²) in [7, 11) is 0. The van der Waals surface area contributed by atoms with E-state index in [-0.39, 0.29) is 6.02 Å². The third-order valence-electron chi connectivity index (χ3n) is 3.81. The molecule has 1 aliphatic heterocycles. The van der Waals surface area contributed by atoms with Crippen LogP contribution < -0.4 is 5.73 Å². The number of hydrogen-bond donors (Lipinski definition) is 1. The standard InChI is InChI=1S/C17H18N2O/c1-12-8-9-15(13(2)10-12)17(11-20-16(18)19-17)14-6-4-3-5-7-14/h3-10H,11H2,1-2H3,(H2,18,19). The molecule has 0 fully saturated rings. The smallest absolute Gasteiger partial charge is 0.283 e. The van der Waals surface area contributed by atoms with Crippen LogP contribution in [0.3, 0.4) is 0 Å². The first-order chi connectivity index (χ1) is 9.62. The molecule has 0 aromatic heterocycles. The monoisotopic (exact) mass is 266 g/mol. The Balaban J connectivity index is 2.22. The molecule has 0 spiro atoms. The number of rotatable bonds is 2. The topological polar surface area (TPSA) is 47.6 Å². The lowest BCUT2D eigenvalue weighted by molar-refractivity contribution is 0.278. The van der Waals surface area contributed by atoms with E-state index in [2.05, 4.69) is 49.2 Å². The van der Waals surface area contributed by atoms with Crippen molar-refractivity contribution in [3.63, 3.8) is 0 Å². The molecule has 3 rings (SSSR count). The molecule has 0 aliphatic carbocycles. The average Bonchev–Trinajstić information content (AvgIpc) is 2.83. The number of aliphatic imine (C=N–C) groups is 1. The summed E-state index contributed by atoms with van der Waals surface area (Å²) < 4.78 is 5.49. The molecular weight excluding hydrogens is 248 g/mol. The van der Waals surface area contributed by atoms with Gasteiger partial charge in [0, 0.05) is 0 Å². The van der Waals surface area contributed by atoms with Gasteiger partial charge in [0.1, 0.15) is 6.61 Å². The summed E-state index contributed by atoms with van der Waals surface area (Å²) in [6.45, 7) is 4.65. The number of amidine groups is 1. The maximum atomic E-state index is 5.79. The van der Waals surface area contributed by atoms with Gasteiger partial charge in [-0.25, -0.2) is 4.99 Å². The fraction of sp³-hybridized carbons (Fsp3) is 0.235. The van der Waals surface area contributed by atoms with Crippen molar-refractivity contribution < 1.29 is 4.74 Å². The van der Waals surface area contributed by atoms with Gasteiger partial charge in [0.2, 0.25) is 0 Å². The summed E-state index contributed by atoms with van der Waals surface area (Å²) in [4.78, 5) is 4.62. The molecule has 2 aromatic carbocycles. The van der Waals surface area contributed by atoms with Gasteiger partial charge in [0.15, 0.2) is 5.54 Å². The van der Waals surface area contributed by atoms with Crippen LogP contribution in [0.15, 0.2) is 53.5 Å². The van der Waals surface area contributed by atoms with Gasteiger partial charge in [-0.1, -0.05) is 54.1 Å². The Labute approximate surface area is 119 Å². The fourth-order valence-corrected chi connectivity index (χ4v) is 2.86. The van der Waals surface area contributed by atoms with E-state index in [1.165, 1.54) is 11.1 Å². The van der Waals surface area contributed by atoms with Crippen molar-refractivity contribution in [1.82, 2.24) is 0 Å². The van der Waals surface area contributed by atoms with Crippen molar-refractivity contribution in [3.8, 4) is 0 Å². The third-order valence-corrected chi connectivity index (χ3v) is 3.81. The van der Waals surface area contributed by atoms with Crippen molar-refractivity contribution in [1.29, 1.82) is 0 Å². The van der Waals surface area contributed by atoms with E-state index in [1.807, 2.05) is 18.2 Å². The van der Waals surface area contributed by atoms with E-state index in [4.69, 9.17) is 10.5 Å². The van der Waals surface area contributed by atoms with Crippen molar-refractivity contribution >= 4 is 6.02 Å². The van der Waals surface area contributed by atoms with E-state index in [0.717, 1.165) is 11.1 Å².